The van der Waals surface area contributed by atoms with Gasteiger partial charge in [-0.1, -0.05) is 49.6 Å². The van der Waals surface area contributed by atoms with Gasteiger partial charge in [0, 0.05) is 42.2 Å². The molecule has 0 unspecified atom stereocenters. The second kappa shape index (κ2) is 9.58. The molecule has 2 fully saturated rings. The van der Waals surface area contributed by atoms with E-state index in [-0.39, 0.29) is 11.9 Å². The number of rotatable bonds is 3. The summed E-state index contributed by atoms with van der Waals surface area (Å²) in [6, 6.07) is 14.3. The predicted octanol–water partition coefficient (Wildman–Crippen LogP) is 5.40. The molecule has 186 valence electrons. The molecule has 6 nitrogen and oxygen atoms in total. The van der Waals surface area contributed by atoms with E-state index in [0.29, 0.717) is 44.2 Å². The highest BCUT2D eigenvalue weighted by atomic mass is 16.5. The molecular weight excluding hydrogens is 452 g/mol. The normalized spacial score (nSPS) is 18.2. The number of fused-ring (bicyclic) bond motifs is 5. The molecule has 0 radical (unpaired) electrons. The van der Waals surface area contributed by atoms with Gasteiger partial charge < -0.3 is 18.9 Å². The summed E-state index contributed by atoms with van der Waals surface area (Å²) in [5.41, 5.74) is 7.10. The molecule has 0 N–H and O–H groups in total. The number of morpholine rings is 1. The molecule has 6 heteroatoms. The largest absolute Gasteiger partial charge is 0.465 e. The fourth-order valence-electron chi connectivity index (χ4n) is 6.21. The van der Waals surface area contributed by atoms with Crippen molar-refractivity contribution in [3.05, 3.63) is 64.7 Å². The quantitative estimate of drug-likeness (QED) is 0.467. The van der Waals surface area contributed by atoms with Crippen molar-refractivity contribution in [1.29, 1.82) is 0 Å². The second-order valence-corrected chi connectivity index (χ2v) is 10.1. The molecule has 2 aromatic carbocycles. The van der Waals surface area contributed by atoms with E-state index in [1.54, 1.807) is 0 Å². The van der Waals surface area contributed by atoms with Gasteiger partial charge in [0.25, 0.3) is 5.91 Å². The van der Waals surface area contributed by atoms with Crippen molar-refractivity contribution in [2.75, 3.05) is 33.4 Å². The van der Waals surface area contributed by atoms with Crippen molar-refractivity contribution in [2.24, 2.45) is 0 Å². The molecule has 0 atom stereocenters. The first kappa shape index (κ1) is 23.0. The zero-order chi connectivity index (χ0) is 24.6. The van der Waals surface area contributed by atoms with Crippen LogP contribution in [0.3, 0.4) is 0 Å². The van der Waals surface area contributed by atoms with Crippen molar-refractivity contribution in [2.45, 2.75) is 44.4 Å². The van der Waals surface area contributed by atoms with Crippen molar-refractivity contribution in [1.82, 2.24) is 9.47 Å². The number of esters is 1. The molecule has 0 spiro atoms. The summed E-state index contributed by atoms with van der Waals surface area (Å²) in [6.07, 6.45) is 8.68. The van der Waals surface area contributed by atoms with E-state index in [9.17, 15) is 9.59 Å². The lowest BCUT2D eigenvalue weighted by Crippen LogP contribution is -2.41. The van der Waals surface area contributed by atoms with E-state index in [1.807, 2.05) is 23.2 Å². The molecule has 6 rings (SSSR count). The minimum atomic E-state index is -0.353. The van der Waals surface area contributed by atoms with Crippen LogP contribution in [0, 0.1) is 0 Å². The van der Waals surface area contributed by atoms with Crippen LogP contribution >= 0.6 is 0 Å². The molecule has 3 aliphatic rings. The number of carbonyl (C=O) groups is 2. The van der Waals surface area contributed by atoms with Gasteiger partial charge in [0.15, 0.2) is 0 Å². The maximum Gasteiger partial charge on any atom is 0.337 e. The molecule has 0 bridgehead atoms. The van der Waals surface area contributed by atoms with E-state index in [0.717, 1.165) is 34.9 Å². The van der Waals surface area contributed by atoms with Gasteiger partial charge in [-0.3, -0.25) is 4.79 Å². The lowest BCUT2D eigenvalue weighted by molar-refractivity contribution is -0.131. The Labute approximate surface area is 211 Å². The first-order valence-corrected chi connectivity index (χ1v) is 13.1. The molecule has 1 amide bonds. The summed E-state index contributed by atoms with van der Waals surface area (Å²) in [7, 11) is 1.41. The van der Waals surface area contributed by atoms with Crippen molar-refractivity contribution >= 4 is 29.0 Å². The topological polar surface area (TPSA) is 60.8 Å². The van der Waals surface area contributed by atoms with Gasteiger partial charge in [0.1, 0.15) is 0 Å². The highest BCUT2D eigenvalue weighted by molar-refractivity contribution is 6.03. The molecule has 1 saturated heterocycles. The Balaban J connectivity index is 1.61. The summed E-state index contributed by atoms with van der Waals surface area (Å²) >= 11 is 0. The number of benzene rings is 2. The lowest BCUT2D eigenvalue weighted by atomic mass is 9.81. The fraction of sp³-hybridized carbons (Fsp3) is 0.400. The molecule has 1 aliphatic carbocycles. The molecule has 1 saturated carbocycles. The number of nitrogens with zero attached hydrogens (tertiary/aromatic N) is 2. The first-order chi connectivity index (χ1) is 17.7. The summed E-state index contributed by atoms with van der Waals surface area (Å²) in [5.74, 6) is 0.167. The number of methoxy groups -OCH3 is 1. The summed E-state index contributed by atoms with van der Waals surface area (Å²) in [5, 5.41) is 1.16. The highest BCUT2D eigenvalue weighted by Crippen LogP contribution is 2.46. The molecule has 3 aromatic rings. The third-order valence-corrected chi connectivity index (χ3v) is 7.99. The molecule has 1 aromatic heterocycles. The molecule has 36 heavy (non-hydrogen) atoms. The van der Waals surface area contributed by atoms with Gasteiger partial charge in [0.05, 0.1) is 37.1 Å². The maximum atomic E-state index is 13.7. The average molecular weight is 485 g/mol. The molecular formula is C30H32N2O4. The number of hydrogen-bond donors (Lipinski definition) is 0. The Kier molecular flexibility index (Phi) is 6.13. The molecule has 3 heterocycles. The average Bonchev–Trinajstić information content (AvgIpc) is 3.15. The smallest absolute Gasteiger partial charge is 0.337 e. The zero-order valence-corrected chi connectivity index (χ0v) is 20.8. The number of ether oxygens (including phenoxy) is 2. The number of carbonyl (C=O) groups excluding carboxylic acids is 2. The molecule has 2 aliphatic heterocycles. The van der Waals surface area contributed by atoms with Crippen LogP contribution in [0.1, 0.15) is 59.5 Å². The van der Waals surface area contributed by atoms with Crippen LogP contribution in [0.5, 0.6) is 0 Å². The van der Waals surface area contributed by atoms with Crippen LogP contribution in [-0.2, 0) is 20.7 Å². The lowest BCUT2D eigenvalue weighted by Gasteiger charge is -2.27. The monoisotopic (exact) mass is 484 g/mol. The number of amides is 1. The zero-order valence-electron chi connectivity index (χ0n) is 20.8. The van der Waals surface area contributed by atoms with Gasteiger partial charge in [-0.05, 0) is 42.0 Å². The van der Waals surface area contributed by atoms with Crippen LogP contribution in [0.15, 0.2) is 48.0 Å². The van der Waals surface area contributed by atoms with Gasteiger partial charge in [0.2, 0.25) is 0 Å². The van der Waals surface area contributed by atoms with E-state index in [2.05, 4.69) is 34.9 Å². The van der Waals surface area contributed by atoms with Crippen molar-refractivity contribution in [3.63, 3.8) is 0 Å². The Morgan fingerprint density at radius 2 is 1.78 bits per heavy atom. The Morgan fingerprint density at radius 3 is 2.56 bits per heavy atom. The Morgan fingerprint density at radius 1 is 1.00 bits per heavy atom. The Bertz CT molecular complexity index is 1360. The number of aromatic nitrogens is 1. The standard InChI is InChI=1S/C30H32N2O4/c1-35-30(34)22-11-12-25-26(18-22)32-19-23(29(33)31-13-15-36-16-14-31)17-21-9-5-6-10-24(21)28(32)27(25)20-7-3-2-4-8-20/h5-6,9-12,18-20H,2-4,7-8,13-17H2,1H3. The second-order valence-electron chi connectivity index (χ2n) is 10.1. The van der Waals surface area contributed by atoms with Crippen molar-refractivity contribution in [3.8, 4) is 11.3 Å². The maximum absolute atomic E-state index is 13.7. The summed E-state index contributed by atoms with van der Waals surface area (Å²) in [4.78, 5) is 28.1. The minimum Gasteiger partial charge on any atom is -0.465 e. The fourth-order valence-corrected chi connectivity index (χ4v) is 6.21. The van der Waals surface area contributed by atoms with Crippen LogP contribution in [-0.4, -0.2) is 54.8 Å². The van der Waals surface area contributed by atoms with Crippen LogP contribution < -0.4 is 0 Å². The van der Waals surface area contributed by atoms with Crippen molar-refractivity contribution < 1.29 is 19.1 Å². The third-order valence-electron chi connectivity index (χ3n) is 7.99. The number of hydrogen-bond acceptors (Lipinski definition) is 4. The summed E-state index contributed by atoms with van der Waals surface area (Å²) < 4.78 is 12.7. The first-order valence-electron chi connectivity index (χ1n) is 13.1. The minimum absolute atomic E-state index is 0.0612. The van der Waals surface area contributed by atoms with Crippen LogP contribution in [0.4, 0.5) is 0 Å². The SMILES string of the molecule is COC(=O)c1ccc2c(C3CCCCC3)c3n(c2c1)C=C(C(=O)N1CCOCC1)Cc1ccccc1-3. The Hall–Kier alpha value is -3.38. The van der Waals surface area contributed by atoms with Gasteiger partial charge in [-0.15, -0.1) is 0 Å². The summed E-state index contributed by atoms with van der Waals surface area (Å²) in [6.45, 7) is 2.36. The van der Waals surface area contributed by atoms with Crippen LogP contribution in [0.2, 0.25) is 0 Å². The highest BCUT2D eigenvalue weighted by Gasteiger charge is 2.31. The predicted molar refractivity (Wildman–Crippen MR) is 140 cm³/mol. The van der Waals surface area contributed by atoms with E-state index in [1.165, 1.54) is 43.2 Å². The van der Waals surface area contributed by atoms with Gasteiger partial charge in [-0.25, -0.2) is 4.79 Å². The van der Waals surface area contributed by atoms with E-state index in [4.69, 9.17) is 9.47 Å². The van der Waals surface area contributed by atoms with Gasteiger partial charge >= 0.3 is 5.97 Å². The van der Waals surface area contributed by atoms with E-state index < -0.39 is 0 Å². The third kappa shape index (κ3) is 3.94. The van der Waals surface area contributed by atoms with Gasteiger partial charge in [-0.2, -0.15) is 0 Å². The van der Waals surface area contributed by atoms with Crippen LogP contribution in [0.25, 0.3) is 28.4 Å². The van der Waals surface area contributed by atoms with E-state index >= 15 is 0 Å².